The fourth-order valence-corrected chi connectivity index (χ4v) is 2.50. The van der Waals surface area contributed by atoms with Crippen LogP contribution in [0.3, 0.4) is 0 Å². The first kappa shape index (κ1) is 15.6. The van der Waals surface area contributed by atoms with Crippen LogP contribution in [0.15, 0.2) is 18.2 Å². The molecule has 0 amide bonds. The average Bonchev–Trinajstić information content (AvgIpc) is 2.31. The van der Waals surface area contributed by atoms with Crippen molar-refractivity contribution in [3.05, 3.63) is 35.1 Å². The highest BCUT2D eigenvalue weighted by atomic mass is 19.1. The van der Waals surface area contributed by atoms with Crippen molar-refractivity contribution >= 4 is 5.97 Å². The van der Waals surface area contributed by atoms with Crippen LogP contribution < -0.4 is 5.73 Å². The Bertz CT molecular complexity index is 446. The first-order chi connectivity index (χ1) is 8.86. The Morgan fingerprint density at radius 1 is 1.37 bits per heavy atom. The predicted molar refractivity (Wildman–Crippen MR) is 73.3 cm³/mol. The second-order valence-electron chi connectivity index (χ2n) is 5.17. The number of esters is 1. The number of aryl methyl sites for hydroxylation is 1. The smallest absolute Gasteiger partial charge is 0.319 e. The van der Waals surface area contributed by atoms with E-state index in [9.17, 15) is 9.18 Å². The number of nitrogens with two attached hydrogens (primary N) is 1. The zero-order chi connectivity index (χ0) is 14.6. The number of rotatable bonds is 5. The Kier molecular flexibility index (Phi) is 5.48. The number of carbonyl (C=O) groups excluding carboxylic acids is 1. The molecule has 0 radical (unpaired) electrons. The van der Waals surface area contributed by atoms with Gasteiger partial charge < -0.3 is 10.5 Å². The van der Waals surface area contributed by atoms with E-state index < -0.39 is 5.97 Å². The van der Waals surface area contributed by atoms with E-state index in [-0.39, 0.29) is 30.3 Å². The fourth-order valence-electron chi connectivity index (χ4n) is 2.50. The van der Waals surface area contributed by atoms with E-state index in [4.69, 9.17) is 10.5 Å². The Morgan fingerprint density at radius 3 is 2.47 bits per heavy atom. The van der Waals surface area contributed by atoms with Crippen LogP contribution in [-0.2, 0) is 9.53 Å². The molecule has 0 aliphatic rings. The highest BCUT2D eigenvalue weighted by Gasteiger charge is 2.26. The van der Waals surface area contributed by atoms with Crippen LogP contribution in [0.4, 0.5) is 4.39 Å². The molecule has 4 heteroatoms. The minimum absolute atomic E-state index is 0.0242. The van der Waals surface area contributed by atoms with Gasteiger partial charge in [0.05, 0.1) is 6.54 Å². The minimum atomic E-state index is -0.419. The lowest BCUT2D eigenvalue weighted by atomic mass is 9.82. The summed E-state index contributed by atoms with van der Waals surface area (Å²) in [4.78, 5) is 11.3. The van der Waals surface area contributed by atoms with Crippen molar-refractivity contribution in [2.75, 3.05) is 6.54 Å². The third kappa shape index (κ3) is 4.03. The SMILES string of the molecule is Cc1cc(F)ccc1[C@H](C(C)C)[C@H](C)OC(=O)CN. The van der Waals surface area contributed by atoms with Crippen LogP contribution in [-0.4, -0.2) is 18.6 Å². The lowest BCUT2D eigenvalue weighted by Gasteiger charge is -2.29. The Hall–Kier alpha value is -1.42. The Morgan fingerprint density at radius 2 is 2.00 bits per heavy atom. The first-order valence-electron chi connectivity index (χ1n) is 6.52. The predicted octanol–water partition coefficient (Wildman–Crippen LogP) is 2.76. The second kappa shape index (κ2) is 6.66. The van der Waals surface area contributed by atoms with Crippen molar-refractivity contribution in [1.82, 2.24) is 0 Å². The van der Waals surface area contributed by atoms with Crippen LogP contribution in [0.5, 0.6) is 0 Å². The molecule has 3 nitrogen and oxygen atoms in total. The van der Waals surface area contributed by atoms with Gasteiger partial charge in [0.2, 0.25) is 0 Å². The molecule has 19 heavy (non-hydrogen) atoms. The highest BCUT2D eigenvalue weighted by molar-refractivity contribution is 5.71. The normalized spacial score (nSPS) is 14.3. The van der Waals surface area contributed by atoms with Gasteiger partial charge in [0.1, 0.15) is 11.9 Å². The maximum Gasteiger partial charge on any atom is 0.319 e. The molecule has 0 bridgehead atoms. The highest BCUT2D eigenvalue weighted by Crippen LogP contribution is 2.32. The van der Waals surface area contributed by atoms with Crippen molar-refractivity contribution in [1.29, 1.82) is 0 Å². The molecule has 1 aromatic carbocycles. The molecule has 0 saturated carbocycles. The maximum atomic E-state index is 13.2. The molecule has 0 aliphatic carbocycles. The monoisotopic (exact) mass is 267 g/mol. The van der Waals surface area contributed by atoms with Gasteiger partial charge in [-0.3, -0.25) is 4.79 Å². The summed E-state index contributed by atoms with van der Waals surface area (Å²) in [7, 11) is 0. The molecule has 0 aromatic heterocycles. The van der Waals surface area contributed by atoms with Crippen LogP contribution in [0.25, 0.3) is 0 Å². The Balaban J connectivity index is 3.03. The number of benzene rings is 1. The third-order valence-electron chi connectivity index (χ3n) is 3.30. The molecule has 2 atom stereocenters. The summed E-state index contributed by atoms with van der Waals surface area (Å²) in [5.41, 5.74) is 7.14. The van der Waals surface area contributed by atoms with Crippen LogP contribution in [0, 0.1) is 18.7 Å². The van der Waals surface area contributed by atoms with Crippen molar-refractivity contribution in [3.8, 4) is 0 Å². The number of halogens is 1. The molecule has 0 aliphatic heterocycles. The topological polar surface area (TPSA) is 52.3 Å². The summed E-state index contributed by atoms with van der Waals surface area (Å²) in [6.45, 7) is 7.70. The van der Waals surface area contributed by atoms with E-state index in [1.807, 2.05) is 13.8 Å². The summed E-state index contributed by atoms with van der Waals surface area (Å²) >= 11 is 0. The fraction of sp³-hybridized carbons (Fsp3) is 0.533. The van der Waals surface area contributed by atoms with Crippen molar-refractivity contribution in [3.63, 3.8) is 0 Å². The van der Waals surface area contributed by atoms with Gasteiger partial charge in [-0.05, 0) is 43.0 Å². The van der Waals surface area contributed by atoms with Gasteiger partial charge in [-0.25, -0.2) is 4.39 Å². The Labute approximate surface area is 113 Å². The largest absolute Gasteiger partial charge is 0.461 e. The van der Waals surface area contributed by atoms with E-state index in [0.29, 0.717) is 0 Å². The van der Waals surface area contributed by atoms with Gasteiger partial charge in [-0.15, -0.1) is 0 Å². The molecular formula is C15H22FNO2. The molecule has 2 N–H and O–H groups in total. The van der Waals surface area contributed by atoms with E-state index >= 15 is 0 Å². The molecule has 0 heterocycles. The molecule has 1 aromatic rings. The standard InChI is InChI=1S/C15H22FNO2/c1-9(2)15(11(4)19-14(18)8-17)13-6-5-12(16)7-10(13)3/h5-7,9,11,15H,8,17H2,1-4H3/t11-,15+/m0/s1. The molecule has 0 unspecified atom stereocenters. The van der Waals surface area contributed by atoms with Gasteiger partial charge in [0, 0.05) is 5.92 Å². The van der Waals surface area contributed by atoms with Crippen LogP contribution in [0.1, 0.15) is 37.8 Å². The lowest BCUT2D eigenvalue weighted by molar-refractivity contribution is -0.148. The van der Waals surface area contributed by atoms with Gasteiger partial charge in [-0.2, -0.15) is 0 Å². The van der Waals surface area contributed by atoms with Gasteiger partial charge in [-0.1, -0.05) is 19.9 Å². The van der Waals surface area contributed by atoms with Crippen LogP contribution >= 0.6 is 0 Å². The summed E-state index contributed by atoms with van der Waals surface area (Å²) in [5.74, 6) is -0.380. The second-order valence-corrected chi connectivity index (χ2v) is 5.17. The summed E-state index contributed by atoms with van der Waals surface area (Å²) in [6.07, 6.45) is -0.291. The minimum Gasteiger partial charge on any atom is -0.461 e. The quantitative estimate of drug-likeness (QED) is 0.835. The van der Waals surface area contributed by atoms with E-state index in [1.165, 1.54) is 12.1 Å². The number of carbonyl (C=O) groups is 1. The van der Waals surface area contributed by atoms with E-state index in [0.717, 1.165) is 11.1 Å². The molecule has 0 saturated heterocycles. The lowest BCUT2D eigenvalue weighted by Crippen LogP contribution is -2.29. The third-order valence-corrected chi connectivity index (χ3v) is 3.30. The number of ether oxygens (including phenoxy) is 1. The van der Waals surface area contributed by atoms with Crippen molar-refractivity contribution in [2.45, 2.75) is 39.7 Å². The summed E-state index contributed by atoms with van der Waals surface area (Å²) in [6, 6.07) is 4.71. The van der Waals surface area contributed by atoms with Gasteiger partial charge in [0.15, 0.2) is 0 Å². The van der Waals surface area contributed by atoms with Gasteiger partial charge >= 0.3 is 5.97 Å². The van der Waals surface area contributed by atoms with E-state index in [1.54, 1.807) is 6.07 Å². The molecular weight excluding hydrogens is 245 g/mol. The molecule has 0 spiro atoms. The summed E-state index contributed by atoms with van der Waals surface area (Å²) in [5, 5.41) is 0. The molecule has 1 rings (SSSR count). The maximum absolute atomic E-state index is 13.2. The molecule has 0 fully saturated rings. The zero-order valence-corrected chi connectivity index (χ0v) is 11.9. The van der Waals surface area contributed by atoms with Crippen molar-refractivity contribution in [2.24, 2.45) is 11.7 Å². The summed E-state index contributed by atoms with van der Waals surface area (Å²) < 4.78 is 18.5. The molecule has 106 valence electrons. The first-order valence-corrected chi connectivity index (χ1v) is 6.52. The van der Waals surface area contributed by atoms with E-state index in [2.05, 4.69) is 13.8 Å². The number of hydrogen-bond acceptors (Lipinski definition) is 3. The number of hydrogen-bond donors (Lipinski definition) is 1. The average molecular weight is 267 g/mol. The zero-order valence-electron chi connectivity index (χ0n) is 11.9. The van der Waals surface area contributed by atoms with Gasteiger partial charge in [0.25, 0.3) is 0 Å². The van der Waals surface area contributed by atoms with Crippen LogP contribution in [0.2, 0.25) is 0 Å². The van der Waals surface area contributed by atoms with Crippen molar-refractivity contribution < 1.29 is 13.9 Å².